The first-order chi connectivity index (χ1) is 8.77. The molecular weight excluding hydrogens is 242 g/mol. The SMILES string of the molecule is COC(=O)c1cc(NCC(C)(C)N(C)C)ccc1N. The number of hydrogen-bond acceptors (Lipinski definition) is 5. The molecule has 1 rings (SSSR count). The molecule has 0 heterocycles. The first-order valence-electron chi connectivity index (χ1n) is 6.17. The number of rotatable bonds is 5. The molecule has 3 N–H and O–H groups in total. The van der Waals surface area contributed by atoms with E-state index in [1.54, 1.807) is 12.1 Å². The number of nitrogen functional groups attached to an aromatic ring is 1. The maximum absolute atomic E-state index is 11.6. The highest BCUT2D eigenvalue weighted by Crippen LogP contribution is 2.20. The Morgan fingerprint density at radius 1 is 1.42 bits per heavy atom. The summed E-state index contributed by atoms with van der Waals surface area (Å²) < 4.78 is 4.70. The van der Waals surface area contributed by atoms with E-state index >= 15 is 0 Å². The predicted octanol–water partition coefficient (Wildman–Crippen LogP) is 1.81. The van der Waals surface area contributed by atoms with E-state index in [1.165, 1.54) is 7.11 Å². The average molecular weight is 265 g/mol. The van der Waals surface area contributed by atoms with Crippen LogP contribution in [0, 0.1) is 0 Å². The number of esters is 1. The van der Waals surface area contributed by atoms with E-state index in [9.17, 15) is 4.79 Å². The van der Waals surface area contributed by atoms with Crippen LogP contribution in [-0.2, 0) is 4.74 Å². The van der Waals surface area contributed by atoms with Crippen LogP contribution in [0.5, 0.6) is 0 Å². The second-order valence-corrected chi connectivity index (χ2v) is 5.35. The molecule has 0 aliphatic heterocycles. The fourth-order valence-electron chi connectivity index (χ4n) is 1.43. The van der Waals surface area contributed by atoms with Gasteiger partial charge in [0.25, 0.3) is 0 Å². The normalized spacial score (nSPS) is 11.5. The number of methoxy groups -OCH3 is 1. The highest BCUT2D eigenvalue weighted by molar-refractivity contribution is 5.96. The Bertz CT molecular complexity index is 456. The zero-order chi connectivity index (χ0) is 14.6. The Morgan fingerprint density at radius 2 is 2.05 bits per heavy atom. The number of hydrogen-bond donors (Lipinski definition) is 2. The van der Waals surface area contributed by atoms with Gasteiger partial charge < -0.3 is 20.7 Å². The number of nitrogens with one attached hydrogen (secondary N) is 1. The highest BCUT2D eigenvalue weighted by Gasteiger charge is 2.20. The molecule has 19 heavy (non-hydrogen) atoms. The van der Waals surface area contributed by atoms with Gasteiger partial charge in [0, 0.05) is 23.5 Å². The summed E-state index contributed by atoms with van der Waals surface area (Å²) in [5, 5.41) is 3.31. The number of benzene rings is 1. The number of ether oxygens (including phenoxy) is 1. The van der Waals surface area contributed by atoms with Gasteiger partial charge in [-0.05, 0) is 46.1 Å². The molecule has 1 aromatic carbocycles. The summed E-state index contributed by atoms with van der Waals surface area (Å²) in [6, 6.07) is 5.28. The van der Waals surface area contributed by atoms with Gasteiger partial charge in [-0.2, -0.15) is 0 Å². The minimum absolute atomic E-state index is 0.00676. The molecule has 0 fully saturated rings. The topological polar surface area (TPSA) is 67.6 Å². The van der Waals surface area contributed by atoms with Gasteiger partial charge in [-0.15, -0.1) is 0 Å². The summed E-state index contributed by atoms with van der Waals surface area (Å²) in [4.78, 5) is 13.7. The largest absolute Gasteiger partial charge is 0.465 e. The summed E-state index contributed by atoms with van der Waals surface area (Å²) in [5.74, 6) is -0.423. The Morgan fingerprint density at radius 3 is 2.58 bits per heavy atom. The third kappa shape index (κ3) is 3.86. The van der Waals surface area contributed by atoms with Crippen LogP contribution in [0.25, 0.3) is 0 Å². The molecule has 1 aromatic rings. The second-order valence-electron chi connectivity index (χ2n) is 5.35. The monoisotopic (exact) mass is 265 g/mol. The maximum atomic E-state index is 11.6. The lowest BCUT2D eigenvalue weighted by Gasteiger charge is -2.33. The van der Waals surface area contributed by atoms with Gasteiger partial charge in [0.1, 0.15) is 0 Å². The zero-order valence-corrected chi connectivity index (χ0v) is 12.3. The molecule has 5 heteroatoms. The predicted molar refractivity (Wildman–Crippen MR) is 78.4 cm³/mol. The first kappa shape index (κ1) is 15.3. The van der Waals surface area contributed by atoms with Crippen molar-refractivity contribution in [2.75, 3.05) is 38.8 Å². The minimum Gasteiger partial charge on any atom is -0.465 e. The lowest BCUT2D eigenvalue weighted by molar-refractivity contribution is 0.0602. The summed E-state index contributed by atoms with van der Waals surface area (Å²) in [6.45, 7) is 5.03. The molecule has 5 nitrogen and oxygen atoms in total. The second kappa shape index (κ2) is 5.93. The Balaban J connectivity index is 2.84. The van der Waals surface area contributed by atoms with Crippen molar-refractivity contribution < 1.29 is 9.53 Å². The fourth-order valence-corrected chi connectivity index (χ4v) is 1.43. The summed E-state index contributed by atoms with van der Waals surface area (Å²) >= 11 is 0. The van der Waals surface area contributed by atoms with Crippen LogP contribution in [0.3, 0.4) is 0 Å². The smallest absolute Gasteiger partial charge is 0.340 e. The molecule has 0 atom stereocenters. The van der Waals surface area contributed by atoms with Gasteiger partial charge in [0.2, 0.25) is 0 Å². The number of carbonyl (C=O) groups excluding carboxylic acids is 1. The fraction of sp³-hybridized carbons (Fsp3) is 0.500. The number of likely N-dealkylation sites (N-methyl/N-ethyl adjacent to an activating group) is 1. The third-order valence-corrected chi connectivity index (χ3v) is 3.39. The van der Waals surface area contributed by atoms with Gasteiger partial charge >= 0.3 is 5.97 Å². The van der Waals surface area contributed by atoms with Crippen LogP contribution in [0.4, 0.5) is 11.4 Å². The summed E-state index contributed by atoms with van der Waals surface area (Å²) in [6.07, 6.45) is 0. The summed E-state index contributed by atoms with van der Waals surface area (Å²) in [7, 11) is 5.41. The van der Waals surface area contributed by atoms with Gasteiger partial charge in [-0.1, -0.05) is 0 Å². The molecule has 0 spiro atoms. The maximum Gasteiger partial charge on any atom is 0.340 e. The van der Waals surface area contributed by atoms with E-state index in [1.807, 2.05) is 20.2 Å². The van der Waals surface area contributed by atoms with Crippen LogP contribution in [0.2, 0.25) is 0 Å². The number of nitrogens with two attached hydrogens (primary N) is 1. The lowest BCUT2D eigenvalue weighted by Crippen LogP contribution is -2.44. The molecule has 0 amide bonds. The van der Waals surface area contributed by atoms with Crippen LogP contribution < -0.4 is 11.1 Å². The van der Waals surface area contributed by atoms with E-state index in [0.29, 0.717) is 11.3 Å². The molecule has 0 saturated heterocycles. The molecule has 0 aliphatic rings. The van der Waals surface area contributed by atoms with Crippen molar-refractivity contribution >= 4 is 17.3 Å². The Hall–Kier alpha value is -1.75. The van der Waals surface area contributed by atoms with E-state index in [2.05, 4.69) is 24.1 Å². The van der Waals surface area contributed by atoms with Gasteiger partial charge in [0.05, 0.1) is 12.7 Å². The van der Waals surface area contributed by atoms with Crippen molar-refractivity contribution in [3.63, 3.8) is 0 Å². The number of nitrogens with zero attached hydrogens (tertiary/aromatic N) is 1. The third-order valence-electron chi connectivity index (χ3n) is 3.39. The average Bonchev–Trinajstić information content (AvgIpc) is 2.36. The minimum atomic E-state index is -0.423. The van der Waals surface area contributed by atoms with Crippen molar-refractivity contribution in [3.8, 4) is 0 Å². The van der Waals surface area contributed by atoms with E-state index in [-0.39, 0.29) is 5.54 Å². The van der Waals surface area contributed by atoms with Crippen LogP contribution in [0.1, 0.15) is 24.2 Å². The van der Waals surface area contributed by atoms with Crippen molar-refractivity contribution in [2.45, 2.75) is 19.4 Å². The quantitative estimate of drug-likeness (QED) is 0.628. The molecule has 0 unspecified atom stereocenters. The Kier molecular flexibility index (Phi) is 4.78. The van der Waals surface area contributed by atoms with Crippen LogP contribution in [0.15, 0.2) is 18.2 Å². The standard InChI is InChI=1S/C14H23N3O2/c1-14(2,17(3)4)9-16-10-6-7-12(15)11(8-10)13(18)19-5/h6-8,16H,9,15H2,1-5H3. The van der Waals surface area contributed by atoms with E-state index in [4.69, 9.17) is 10.5 Å². The molecule has 0 radical (unpaired) electrons. The van der Waals surface area contributed by atoms with Crippen molar-refractivity contribution in [1.82, 2.24) is 4.90 Å². The first-order valence-corrected chi connectivity index (χ1v) is 6.17. The number of carbonyl (C=O) groups is 1. The zero-order valence-electron chi connectivity index (χ0n) is 12.3. The van der Waals surface area contributed by atoms with Gasteiger partial charge in [-0.25, -0.2) is 4.79 Å². The molecule has 0 bridgehead atoms. The van der Waals surface area contributed by atoms with Crippen molar-refractivity contribution in [1.29, 1.82) is 0 Å². The van der Waals surface area contributed by atoms with Gasteiger partial charge in [-0.3, -0.25) is 0 Å². The number of anilines is 2. The van der Waals surface area contributed by atoms with Gasteiger partial charge in [0.15, 0.2) is 0 Å². The molecule has 106 valence electrons. The van der Waals surface area contributed by atoms with E-state index < -0.39 is 5.97 Å². The van der Waals surface area contributed by atoms with Crippen LogP contribution in [-0.4, -0.2) is 44.2 Å². The van der Waals surface area contributed by atoms with Crippen molar-refractivity contribution in [2.24, 2.45) is 0 Å². The van der Waals surface area contributed by atoms with Crippen LogP contribution >= 0.6 is 0 Å². The Labute approximate surface area is 114 Å². The lowest BCUT2D eigenvalue weighted by atomic mass is 10.0. The molecule has 0 aliphatic carbocycles. The summed E-state index contributed by atoms with van der Waals surface area (Å²) in [5.41, 5.74) is 7.42. The molecule has 0 saturated carbocycles. The van der Waals surface area contributed by atoms with Crippen molar-refractivity contribution in [3.05, 3.63) is 23.8 Å². The molecular formula is C14H23N3O2. The van der Waals surface area contributed by atoms with E-state index in [0.717, 1.165) is 12.2 Å². The molecule has 0 aromatic heterocycles. The highest BCUT2D eigenvalue weighted by atomic mass is 16.5.